The predicted molar refractivity (Wildman–Crippen MR) is 81.5 cm³/mol. The zero-order chi connectivity index (χ0) is 14.8. The van der Waals surface area contributed by atoms with Gasteiger partial charge in [-0.3, -0.25) is 0 Å². The molecule has 2 fully saturated rings. The third-order valence-corrected chi connectivity index (χ3v) is 6.94. The van der Waals surface area contributed by atoms with Crippen LogP contribution in [0.1, 0.15) is 45.4 Å². The molecule has 20 heavy (non-hydrogen) atoms. The average Bonchev–Trinajstić information content (AvgIpc) is 2.46. The van der Waals surface area contributed by atoms with Gasteiger partial charge in [-0.25, -0.2) is 0 Å². The van der Waals surface area contributed by atoms with E-state index in [0.717, 1.165) is 32.1 Å². The third-order valence-electron chi connectivity index (χ3n) is 4.93. The van der Waals surface area contributed by atoms with Crippen molar-refractivity contribution in [2.45, 2.75) is 51.5 Å². The van der Waals surface area contributed by atoms with E-state index in [-0.39, 0.29) is 6.04 Å². The lowest BCUT2D eigenvalue weighted by Gasteiger charge is -2.38. The molecule has 0 amide bonds. The number of nitrogens with zero attached hydrogens (tertiary/aromatic N) is 2. The van der Waals surface area contributed by atoms with Crippen LogP contribution >= 0.6 is 0 Å². The fraction of sp³-hybridized carbons (Fsp3) is 1.00. The quantitative estimate of drug-likeness (QED) is 0.854. The first-order chi connectivity index (χ1) is 9.45. The molecule has 0 aromatic carbocycles. The van der Waals surface area contributed by atoms with Gasteiger partial charge in [0.25, 0.3) is 10.2 Å². The molecule has 0 spiro atoms. The van der Waals surface area contributed by atoms with Crippen molar-refractivity contribution in [1.82, 2.24) is 8.61 Å². The van der Waals surface area contributed by atoms with Gasteiger partial charge in [0, 0.05) is 26.2 Å². The summed E-state index contributed by atoms with van der Waals surface area (Å²) >= 11 is 0. The largest absolute Gasteiger partial charge is 0.330 e. The highest BCUT2D eigenvalue weighted by Gasteiger charge is 2.36. The zero-order valence-electron chi connectivity index (χ0n) is 12.8. The Labute approximate surface area is 123 Å². The molecule has 5 nitrogen and oxygen atoms in total. The van der Waals surface area contributed by atoms with E-state index in [1.54, 1.807) is 15.7 Å². The molecule has 0 aromatic rings. The van der Waals surface area contributed by atoms with Gasteiger partial charge in [0.05, 0.1) is 0 Å². The minimum absolute atomic E-state index is 0.169. The predicted octanol–water partition coefficient (Wildman–Crippen LogP) is 1.41. The van der Waals surface area contributed by atoms with Gasteiger partial charge in [0.2, 0.25) is 0 Å². The van der Waals surface area contributed by atoms with Gasteiger partial charge in [0.15, 0.2) is 0 Å². The van der Waals surface area contributed by atoms with Crippen molar-refractivity contribution in [1.29, 1.82) is 0 Å². The van der Waals surface area contributed by atoms with Gasteiger partial charge in [0.1, 0.15) is 0 Å². The summed E-state index contributed by atoms with van der Waals surface area (Å²) in [6.45, 7) is 4.03. The van der Waals surface area contributed by atoms with Gasteiger partial charge in [-0.05, 0) is 44.1 Å². The maximum Gasteiger partial charge on any atom is 0.281 e. The summed E-state index contributed by atoms with van der Waals surface area (Å²) in [6.07, 6.45) is 6.32. The highest BCUT2D eigenvalue weighted by molar-refractivity contribution is 7.86. The Morgan fingerprint density at radius 1 is 1.25 bits per heavy atom. The third kappa shape index (κ3) is 3.53. The molecule has 1 aliphatic carbocycles. The molecule has 118 valence electrons. The summed E-state index contributed by atoms with van der Waals surface area (Å²) in [5.41, 5.74) is 5.71. The van der Waals surface area contributed by atoms with E-state index in [0.29, 0.717) is 31.5 Å². The summed E-state index contributed by atoms with van der Waals surface area (Å²) in [5, 5.41) is 0. The van der Waals surface area contributed by atoms with Crippen LogP contribution in [-0.2, 0) is 10.2 Å². The second-order valence-corrected chi connectivity index (χ2v) is 8.54. The molecule has 3 unspecified atom stereocenters. The Bertz CT molecular complexity index is 413. The summed E-state index contributed by atoms with van der Waals surface area (Å²) in [5.74, 6) is 0.946. The van der Waals surface area contributed by atoms with Crippen LogP contribution in [0.25, 0.3) is 0 Å². The summed E-state index contributed by atoms with van der Waals surface area (Å²) in [6, 6.07) is 0.169. The first-order valence-electron chi connectivity index (χ1n) is 7.88. The minimum Gasteiger partial charge on any atom is -0.330 e. The van der Waals surface area contributed by atoms with Gasteiger partial charge in [-0.15, -0.1) is 0 Å². The summed E-state index contributed by atoms with van der Waals surface area (Å²) in [4.78, 5) is 0. The molecule has 3 atom stereocenters. The van der Waals surface area contributed by atoms with E-state index < -0.39 is 10.2 Å². The number of rotatable bonds is 4. The molecule has 1 saturated carbocycles. The van der Waals surface area contributed by atoms with Crippen molar-refractivity contribution in [2.24, 2.45) is 17.6 Å². The highest BCUT2D eigenvalue weighted by Crippen LogP contribution is 2.29. The second kappa shape index (κ2) is 6.73. The van der Waals surface area contributed by atoms with Crippen molar-refractivity contribution in [2.75, 3.05) is 26.7 Å². The SMILES string of the molecule is CC1CCCC(N(C)S(=O)(=O)N2CCCC(CN)C2)C1. The minimum atomic E-state index is -3.32. The summed E-state index contributed by atoms with van der Waals surface area (Å²) < 4.78 is 28.8. The topological polar surface area (TPSA) is 66.6 Å². The van der Waals surface area contributed by atoms with Gasteiger partial charge in [-0.1, -0.05) is 19.8 Å². The molecule has 1 saturated heterocycles. The van der Waals surface area contributed by atoms with E-state index in [2.05, 4.69) is 6.92 Å². The highest BCUT2D eigenvalue weighted by atomic mass is 32.2. The Morgan fingerprint density at radius 2 is 2.00 bits per heavy atom. The first kappa shape index (κ1) is 16.2. The van der Waals surface area contributed by atoms with Gasteiger partial charge < -0.3 is 5.73 Å². The van der Waals surface area contributed by atoms with Crippen LogP contribution in [0, 0.1) is 11.8 Å². The monoisotopic (exact) mass is 303 g/mol. The molecule has 0 bridgehead atoms. The molecule has 1 heterocycles. The number of nitrogens with two attached hydrogens (primary N) is 1. The molecule has 1 aliphatic heterocycles. The van der Waals surface area contributed by atoms with E-state index >= 15 is 0 Å². The van der Waals surface area contributed by atoms with E-state index in [4.69, 9.17) is 5.73 Å². The zero-order valence-corrected chi connectivity index (χ0v) is 13.6. The van der Waals surface area contributed by atoms with Gasteiger partial charge in [-0.2, -0.15) is 17.0 Å². The number of piperidine rings is 1. The van der Waals surface area contributed by atoms with Crippen LogP contribution in [0.2, 0.25) is 0 Å². The van der Waals surface area contributed by atoms with Crippen molar-refractivity contribution >= 4 is 10.2 Å². The van der Waals surface area contributed by atoms with Crippen LogP contribution < -0.4 is 5.73 Å². The Kier molecular flexibility index (Phi) is 5.45. The maximum atomic E-state index is 12.8. The van der Waals surface area contributed by atoms with Crippen LogP contribution in [0.4, 0.5) is 0 Å². The molecule has 2 N–H and O–H groups in total. The molecular formula is C14H29N3O2S. The summed E-state index contributed by atoms with van der Waals surface area (Å²) in [7, 11) is -1.56. The first-order valence-corrected chi connectivity index (χ1v) is 9.28. The maximum absolute atomic E-state index is 12.8. The van der Waals surface area contributed by atoms with Crippen molar-refractivity contribution in [3.63, 3.8) is 0 Å². The molecule has 0 aromatic heterocycles. The van der Waals surface area contributed by atoms with E-state index in [1.807, 2.05) is 0 Å². The average molecular weight is 303 g/mol. The van der Waals surface area contributed by atoms with Crippen LogP contribution in [0.5, 0.6) is 0 Å². The van der Waals surface area contributed by atoms with Gasteiger partial charge >= 0.3 is 0 Å². The molecule has 0 radical (unpaired) electrons. The molecule has 6 heteroatoms. The van der Waals surface area contributed by atoms with Crippen molar-refractivity contribution < 1.29 is 8.42 Å². The lowest BCUT2D eigenvalue weighted by atomic mass is 9.87. The Hall–Kier alpha value is -0.170. The van der Waals surface area contributed by atoms with Crippen LogP contribution in [0.3, 0.4) is 0 Å². The normalized spacial score (nSPS) is 33.5. The second-order valence-electron chi connectivity index (χ2n) is 6.55. The Morgan fingerprint density at radius 3 is 2.65 bits per heavy atom. The molecule has 2 aliphatic rings. The molecule has 2 rings (SSSR count). The van der Waals surface area contributed by atoms with E-state index in [9.17, 15) is 8.42 Å². The Balaban J connectivity index is 2.04. The van der Waals surface area contributed by atoms with Crippen LogP contribution in [0.15, 0.2) is 0 Å². The van der Waals surface area contributed by atoms with E-state index in [1.165, 1.54) is 6.42 Å². The standard InChI is InChI=1S/C14H29N3O2S/c1-12-5-3-7-14(9-12)16(2)20(18,19)17-8-4-6-13(10-15)11-17/h12-14H,3-11,15H2,1-2H3. The van der Waals surface area contributed by atoms with Crippen molar-refractivity contribution in [3.8, 4) is 0 Å². The fourth-order valence-corrected chi connectivity index (χ4v) is 5.22. The smallest absolute Gasteiger partial charge is 0.281 e. The lowest BCUT2D eigenvalue weighted by molar-refractivity contribution is 0.208. The van der Waals surface area contributed by atoms with Crippen LogP contribution in [-0.4, -0.2) is 49.8 Å². The fourth-order valence-electron chi connectivity index (χ4n) is 3.53. The van der Waals surface area contributed by atoms with Crippen molar-refractivity contribution in [3.05, 3.63) is 0 Å². The number of hydrogen-bond acceptors (Lipinski definition) is 3. The number of hydrogen-bond donors (Lipinski definition) is 1. The molecular weight excluding hydrogens is 274 g/mol. The lowest BCUT2D eigenvalue weighted by Crippen LogP contribution is -2.51.